The maximum atomic E-state index is 6.23. The van der Waals surface area contributed by atoms with Crippen molar-refractivity contribution in [2.75, 3.05) is 28.4 Å². The number of ether oxygens (including phenoxy) is 5. The number of hydrogen-bond acceptors (Lipinski definition) is 5. The Morgan fingerprint density at radius 1 is 0.432 bits per heavy atom. The first-order valence-electron chi connectivity index (χ1n) is 12.4. The van der Waals surface area contributed by atoms with Crippen LogP contribution in [-0.4, -0.2) is 28.4 Å². The first-order chi connectivity index (χ1) is 18.1. The minimum Gasteiger partial charge on any atom is -0.497 e. The minimum atomic E-state index is 0.606. The molecule has 0 spiro atoms. The van der Waals surface area contributed by atoms with E-state index >= 15 is 0 Å². The van der Waals surface area contributed by atoms with E-state index in [0.29, 0.717) is 17.2 Å². The maximum Gasteiger partial charge on any atom is 0.203 e. The van der Waals surface area contributed by atoms with Crippen LogP contribution in [0.4, 0.5) is 0 Å². The highest BCUT2D eigenvalue weighted by molar-refractivity contribution is 5.54. The summed E-state index contributed by atoms with van der Waals surface area (Å²) in [5.74, 6) is 4.49. The van der Waals surface area contributed by atoms with Crippen LogP contribution in [0.3, 0.4) is 0 Å². The van der Waals surface area contributed by atoms with Crippen LogP contribution in [0.25, 0.3) is 0 Å². The Labute approximate surface area is 219 Å². The van der Waals surface area contributed by atoms with Crippen LogP contribution in [0.1, 0.15) is 22.3 Å². The largest absolute Gasteiger partial charge is 0.497 e. The van der Waals surface area contributed by atoms with Gasteiger partial charge in [-0.1, -0.05) is 36.4 Å². The van der Waals surface area contributed by atoms with Gasteiger partial charge in [-0.25, -0.2) is 0 Å². The standard InChI is InChI=1S/C32H34O5/c1-33-27-11-5-8-23(18-27)14-15-24-9-6-12-28(19-24)37-29-13-7-10-25(20-29)16-17-26-21-30(34-2)32(36-4)31(22-26)35-3/h5-13,18-22H,14-17H2,1-4H3. The molecule has 4 aromatic rings. The molecule has 0 unspecified atom stereocenters. The summed E-state index contributed by atoms with van der Waals surface area (Å²) in [6, 6.07) is 28.8. The Kier molecular flexibility index (Phi) is 8.93. The third-order valence-electron chi connectivity index (χ3n) is 6.30. The SMILES string of the molecule is COc1cccc(CCc2cccc(Oc3cccc(CCc4cc(OC)c(OC)c(OC)c4)c3)c2)c1. The number of rotatable bonds is 12. The molecule has 0 radical (unpaired) electrons. The summed E-state index contributed by atoms with van der Waals surface area (Å²) in [7, 11) is 6.58. The predicted molar refractivity (Wildman–Crippen MR) is 147 cm³/mol. The molecule has 0 atom stereocenters. The van der Waals surface area contributed by atoms with Crippen molar-refractivity contribution in [3.8, 4) is 34.5 Å². The van der Waals surface area contributed by atoms with E-state index in [1.54, 1.807) is 28.4 Å². The zero-order valence-electron chi connectivity index (χ0n) is 22.0. The number of methoxy groups -OCH3 is 4. The van der Waals surface area contributed by atoms with Crippen molar-refractivity contribution in [1.29, 1.82) is 0 Å². The van der Waals surface area contributed by atoms with Crippen molar-refractivity contribution in [2.45, 2.75) is 25.7 Å². The normalized spacial score (nSPS) is 10.6. The lowest BCUT2D eigenvalue weighted by molar-refractivity contribution is 0.324. The molecular formula is C32H34O5. The fraction of sp³-hybridized carbons (Fsp3) is 0.250. The molecule has 0 amide bonds. The van der Waals surface area contributed by atoms with Gasteiger partial charge in [0.25, 0.3) is 0 Å². The van der Waals surface area contributed by atoms with Gasteiger partial charge in [-0.2, -0.15) is 0 Å². The van der Waals surface area contributed by atoms with Crippen LogP contribution in [0.5, 0.6) is 34.5 Å². The zero-order valence-corrected chi connectivity index (χ0v) is 22.0. The molecule has 4 aromatic carbocycles. The molecule has 0 aliphatic heterocycles. The highest BCUT2D eigenvalue weighted by atomic mass is 16.5. The summed E-state index contributed by atoms with van der Waals surface area (Å²) in [4.78, 5) is 0. The van der Waals surface area contributed by atoms with E-state index in [9.17, 15) is 0 Å². The summed E-state index contributed by atoms with van der Waals surface area (Å²) >= 11 is 0. The van der Waals surface area contributed by atoms with Gasteiger partial charge in [0, 0.05) is 0 Å². The quantitative estimate of drug-likeness (QED) is 0.209. The lowest BCUT2D eigenvalue weighted by Gasteiger charge is -2.14. The summed E-state index contributed by atoms with van der Waals surface area (Å²) in [5.41, 5.74) is 4.80. The lowest BCUT2D eigenvalue weighted by Crippen LogP contribution is -1.98. The summed E-state index contributed by atoms with van der Waals surface area (Å²) in [6.45, 7) is 0. The molecule has 0 N–H and O–H groups in total. The summed E-state index contributed by atoms with van der Waals surface area (Å²) < 4.78 is 28.0. The van der Waals surface area contributed by atoms with Gasteiger partial charge in [0.2, 0.25) is 5.75 Å². The van der Waals surface area contributed by atoms with Gasteiger partial charge in [-0.3, -0.25) is 0 Å². The Morgan fingerprint density at radius 3 is 1.30 bits per heavy atom. The molecule has 4 rings (SSSR count). The molecule has 37 heavy (non-hydrogen) atoms. The van der Waals surface area contributed by atoms with Crippen molar-refractivity contribution in [3.05, 3.63) is 107 Å². The Bertz CT molecular complexity index is 1290. The molecule has 0 aliphatic rings. The number of benzene rings is 4. The minimum absolute atomic E-state index is 0.606. The van der Waals surface area contributed by atoms with E-state index in [1.165, 1.54) is 16.7 Å². The van der Waals surface area contributed by atoms with E-state index in [2.05, 4.69) is 36.4 Å². The van der Waals surface area contributed by atoms with Gasteiger partial charge in [0.1, 0.15) is 17.2 Å². The topological polar surface area (TPSA) is 46.2 Å². The monoisotopic (exact) mass is 498 g/mol. The summed E-state index contributed by atoms with van der Waals surface area (Å²) in [5, 5.41) is 0. The second-order valence-electron chi connectivity index (χ2n) is 8.78. The van der Waals surface area contributed by atoms with Crippen LogP contribution in [-0.2, 0) is 25.7 Å². The van der Waals surface area contributed by atoms with E-state index in [-0.39, 0.29) is 0 Å². The van der Waals surface area contributed by atoms with Crippen molar-refractivity contribution >= 4 is 0 Å². The van der Waals surface area contributed by atoms with Crippen molar-refractivity contribution in [2.24, 2.45) is 0 Å². The van der Waals surface area contributed by atoms with Crippen molar-refractivity contribution in [3.63, 3.8) is 0 Å². The first-order valence-corrected chi connectivity index (χ1v) is 12.4. The van der Waals surface area contributed by atoms with E-state index < -0.39 is 0 Å². The smallest absolute Gasteiger partial charge is 0.203 e. The van der Waals surface area contributed by atoms with Gasteiger partial charge in [-0.05, 0) is 96.5 Å². The molecule has 0 heterocycles. The predicted octanol–water partition coefficient (Wildman–Crippen LogP) is 7.08. The number of hydrogen-bond donors (Lipinski definition) is 0. The number of aryl methyl sites for hydroxylation is 4. The van der Waals surface area contributed by atoms with Gasteiger partial charge < -0.3 is 23.7 Å². The first kappa shape index (κ1) is 26.0. The average molecular weight is 499 g/mol. The molecule has 5 heteroatoms. The second-order valence-corrected chi connectivity index (χ2v) is 8.78. The van der Waals surface area contributed by atoms with Gasteiger partial charge in [-0.15, -0.1) is 0 Å². The van der Waals surface area contributed by atoms with Gasteiger partial charge in [0.15, 0.2) is 11.5 Å². The highest BCUT2D eigenvalue weighted by Gasteiger charge is 2.13. The van der Waals surface area contributed by atoms with Crippen LogP contribution in [0.15, 0.2) is 84.9 Å². The van der Waals surface area contributed by atoms with Gasteiger partial charge >= 0.3 is 0 Å². The molecule has 5 nitrogen and oxygen atoms in total. The molecule has 0 aromatic heterocycles. The lowest BCUT2D eigenvalue weighted by atomic mass is 10.0. The summed E-state index contributed by atoms with van der Waals surface area (Å²) in [6.07, 6.45) is 3.56. The van der Waals surface area contributed by atoms with Crippen molar-refractivity contribution < 1.29 is 23.7 Å². The van der Waals surface area contributed by atoms with Crippen LogP contribution >= 0.6 is 0 Å². The molecular weight excluding hydrogens is 464 g/mol. The Balaban J connectivity index is 1.39. The highest BCUT2D eigenvalue weighted by Crippen LogP contribution is 2.38. The fourth-order valence-electron chi connectivity index (χ4n) is 4.35. The van der Waals surface area contributed by atoms with E-state index in [1.807, 2.05) is 48.5 Å². The van der Waals surface area contributed by atoms with E-state index in [4.69, 9.17) is 23.7 Å². The van der Waals surface area contributed by atoms with Gasteiger partial charge in [0.05, 0.1) is 28.4 Å². The molecule has 0 bridgehead atoms. The fourth-order valence-corrected chi connectivity index (χ4v) is 4.35. The Morgan fingerprint density at radius 2 is 0.865 bits per heavy atom. The molecule has 0 fully saturated rings. The molecule has 0 aliphatic carbocycles. The second kappa shape index (κ2) is 12.7. The van der Waals surface area contributed by atoms with Crippen LogP contribution < -0.4 is 23.7 Å². The zero-order chi connectivity index (χ0) is 26.0. The maximum absolute atomic E-state index is 6.23. The van der Waals surface area contributed by atoms with E-state index in [0.717, 1.165) is 48.5 Å². The third kappa shape index (κ3) is 6.98. The Hall–Kier alpha value is -4.12. The van der Waals surface area contributed by atoms with Crippen molar-refractivity contribution in [1.82, 2.24) is 0 Å². The third-order valence-corrected chi connectivity index (χ3v) is 6.30. The molecule has 0 saturated heterocycles. The molecule has 192 valence electrons. The average Bonchev–Trinajstić information content (AvgIpc) is 2.94. The molecule has 0 saturated carbocycles. The van der Waals surface area contributed by atoms with Crippen LogP contribution in [0.2, 0.25) is 0 Å². The van der Waals surface area contributed by atoms with Crippen LogP contribution in [0, 0.1) is 0 Å².